The molecule has 3 nitrogen and oxygen atoms in total. The van der Waals surface area contributed by atoms with Gasteiger partial charge in [-0.1, -0.05) is 102 Å². The highest BCUT2D eigenvalue weighted by Gasteiger charge is 2.32. The molecule has 2 fully saturated rings. The molecule has 1 amide bonds. The van der Waals surface area contributed by atoms with Crippen LogP contribution in [0.1, 0.15) is 141 Å². The van der Waals surface area contributed by atoms with Gasteiger partial charge in [-0.05, 0) is 81.9 Å². The van der Waals surface area contributed by atoms with E-state index in [1.54, 1.807) is 0 Å². The molecule has 4 atom stereocenters. The number of nitrogens with zero attached hydrogens (tertiary/aromatic N) is 2. The number of hydrogen-bond acceptors (Lipinski definition) is 2. The molecule has 4 unspecified atom stereocenters. The summed E-state index contributed by atoms with van der Waals surface area (Å²) >= 11 is 0. The Morgan fingerprint density at radius 3 is 2.45 bits per heavy atom. The van der Waals surface area contributed by atoms with Crippen LogP contribution < -0.4 is 4.90 Å². The van der Waals surface area contributed by atoms with Gasteiger partial charge in [0.15, 0.2) is 0 Å². The number of benzene rings is 1. The van der Waals surface area contributed by atoms with E-state index in [1.165, 1.54) is 127 Å². The van der Waals surface area contributed by atoms with Crippen LogP contribution in [0, 0.1) is 11.8 Å². The first-order chi connectivity index (χ1) is 18.7. The highest BCUT2D eigenvalue weighted by atomic mass is 16.2. The normalized spacial score (nSPS) is 27.3. The summed E-state index contributed by atoms with van der Waals surface area (Å²) in [5.74, 6) is 2.19. The molecule has 38 heavy (non-hydrogen) atoms. The highest BCUT2D eigenvalue weighted by molar-refractivity contribution is 5.96. The van der Waals surface area contributed by atoms with Crippen LogP contribution in [0.25, 0.3) is 0 Å². The standard InChI is InChI=1S/C35H58N2O/c1-3-4-11-17-31-27-30-16-12-9-7-5-6-8-10-15-25-36(33(28-31)22-20-30)29(2)24-26-37-34-19-14-13-18-32(34)21-23-35(37)38/h13-14,18-19,29-31,33H,3-12,15-17,20-28H2,1-2H3. The van der Waals surface area contributed by atoms with Crippen molar-refractivity contribution in [3.8, 4) is 0 Å². The number of anilines is 1. The van der Waals surface area contributed by atoms with Gasteiger partial charge in [0.05, 0.1) is 0 Å². The van der Waals surface area contributed by atoms with E-state index in [0.717, 1.165) is 37.3 Å². The largest absolute Gasteiger partial charge is 0.312 e. The maximum absolute atomic E-state index is 12.9. The predicted octanol–water partition coefficient (Wildman–Crippen LogP) is 9.33. The maximum Gasteiger partial charge on any atom is 0.227 e. The van der Waals surface area contributed by atoms with Crippen LogP contribution in [0.4, 0.5) is 5.69 Å². The van der Waals surface area contributed by atoms with Gasteiger partial charge >= 0.3 is 0 Å². The lowest BCUT2D eigenvalue weighted by molar-refractivity contribution is -0.118. The molecule has 3 aliphatic rings. The van der Waals surface area contributed by atoms with Crippen molar-refractivity contribution >= 4 is 11.6 Å². The highest BCUT2D eigenvalue weighted by Crippen LogP contribution is 2.37. The molecule has 0 N–H and O–H groups in total. The minimum atomic E-state index is 0.321. The van der Waals surface area contributed by atoms with Gasteiger partial charge < -0.3 is 4.90 Å². The number of carbonyl (C=O) groups excluding carboxylic acids is 1. The van der Waals surface area contributed by atoms with Gasteiger partial charge in [-0.2, -0.15) is 0 Å². The Labute approximate surface area is 235 Å². The second-order valence-electron chi connectivity index (χ2n) is 13.1. The molecule has 0 radical (unpaired) electrons. The fraction of sp³-hybridized carbons (Fsp3) is 0.800. The summed E-state index contributed by atoms with van der Waals surface area (Å²) in [7, 11) is 0. The number of hydrogen-bond donors (Lipinski definition) is 0. The topological polar surface area (TPSA) is 23.6 Å². The zero-order valence-electron chi connectivity index (χ0n) is 25.0. The van der Waals surface area contributed by atoms with E-state index >= 15 is 0 Å². The van der Waals surface area contributed by atoms with E-state index in [1.807, 2.05) is 0 Å². The smallest absolute Gasteiger partial charge is 0.227 e. The number of carbonyl (C=O) groups is 1. The molecule has 3 heteroatoms. The summed E-state index contributed by atoms with van der Waals surface area (Å²) < 4.78 is 0. The number of fused-ring (bicyclic) bond motifs is 4. The fourth-order valence-electron chi connectivity index (χ4n) is 7.87. The molecule has 2 bridgehead atoms. The van der Waals surface area contributed by atoms with Gasteiger partial charge in [-0.15, -0.1) is 0 Å². The Hall–Kier alpha value is -1.35. The van der Waals surface area contributed by atoms with Crippen LogP contribution in [0.3, 0.4) is 0 Å². The van der Waals surface area contributed by atoms with E-state index in [4.69, 9.17) is 0 Å². The molecule has 2 aliphatic heterocycles. The van der Waals surface area contributed by atoms with Crippen LogP contribution in [0.5, 0.6) is 0 Å². The molecule has 4 rings (SSSR count). The molecule has 2 heterocycles. The van der Waals surface area contributed by atoms with E-state index in [2.05, 4.69) is 47.9 Å². The lowest BCUT2D eigenvalue weighted by Crippen LogP contribution is -2.45. The molecule has 1 aromatic rings. The third kappa shape index (κ3) is 8.83. The van der Waals surface area contributed by atoms with Crippen molar-refractivity contribution in [2.75, 3.05) is 18.0 Å². The number of aryl methyl sites for hydroxylation is 1. The van der Waals surface area contributed by atoms with E-state index < -0.39 is 0 Å². The van der Waals surface area contributed by atoms with Crippen molar-refractivity contribution in [2.45, 2.75) is 154 Å². The SMILES string of the molecule is CCCCCC1CC2CCCCCCCCCCN(C(C)CCN3C(=O)CCc4ccccc43)C(CC2)C1. The van der Waals surface area contributed by atoms with Gasteiger partial charge in [0.1, 0.15) is 0 Å². The first-order valence-corrected chi connectivity index (χ1v) is 16.8. The van der Waals surface area contributed by atoms with E-state index in [9.17, 15) is 4.79 Å². The van der Waals surface area contributed by atoms with Gasteiger partial charge in [-0.3, -0.25) is 9.69 Å². The lowest BCUT2D eigenvalue weighted by atomic mass is 9.86. The Balaban J connectivity index is 1.45. The third-order valence-electron chi connectivity index (χ3n) is 10.2. The minimum Gasteiger partial charge on any atom is -0.312 e. The van der Waals surface area contributed by atoms with E-state index in [-0.39, 0.29) is 0 Å². The van der Waals surface area contributed by atoms with Crippen LogP contribution in [0.15, 0.2) is 24.3 Å². The van der Waals surface area contributed by atoms with Gasteiger partial charge in [0.25, 0.3) is 0 Å². The summed E-state index contributed by atoms with van der Waals surface area (Å²) in [6, 6.07) is 9.85. The van der Waals surface area contributed by atoms with Crippen molar-refractivity contribution in [2.24, 2.45) is 11.8 Å². The van der Waals surface area contributed by atoms with Crippen molar-refractivity contribution in [1.29, 1.82) is 0 Å². The number of amides is 1. The first-order valence-electron chi connectivity index (χ1n) is 16.8. The predicted molar refractivity (Wildman–Crippen MR) is 163 cm³/mol. The fourth-order valence-corrected chi connectivity index (χ4v) is 7.87. The van der Waals surface area contributed by atoms with Crippen LogP contribution in [-0.2, 0) is 11.2 Å². The quantitative estimate of drug-likeness (QED) is 0.318. The second-order valence-corrected chi connectivity index (χ2v) is 13.1. The molecular weight excluding hydrogens is 464 g/mol. The average Bonchev–Trinajstić information content (AvgIpc) is 3.13. The average molecular weight is 523 g/mol. The Morgan fingerprint density at radius 2 is 1.63 bits per heavy atom. The Bertz CT molecular complexity index is 822. The Morgan fingerprint density at radius 1 is 0.868 bits per heavy atom. The molecule has 1 saturated carbocycles. The monoisotopic (exact) mass is 522 g/mol. The van der Waals surface area contributed by atoms with Crippen molar-refractivity contribution in [1.82, 2.24) is 4.90 Å². The van der Waals surface area contributed by atoms with Crippen LogP contribution in [0.2, 0.25) is 0 Å². The van der Waals surface area contributed by atoms with Gasteiger partial charge in [-0.25, -0.2) is 0 Å². The molecule has 0 spiro atoms. The molecule has 1 aromatic carbocycles. The van der Waals surface area contributed by atoms with Crippen molar-refractivity contribution in [3.05, 3.63) is 29.8 Å². The number of rotatable bonds is 8. The lowest BCUT2D eigenvalue weighted by Gasteiger charge is -2.39. The van der Waals surface area contributed by atoms with Crippen LogP contribution >= 0.6 is 0 Å². The first kappa shape index (κ1) is 29.6. The summed E-state index contributed by atoms with van der Waals surface area (Å²) in [4.78, 5) is 18.0. The number of unbranched alkanes of at least 4 members (excludes halogenated alkanes) is 2. The van der Waals surface area contributed by atoms with E-state index in [0.29, 0.717) is 18.4 Å². The third-order valence-corrected chi connectivity index (χ3v) is 10.2. The zero-order valence-corrected chi connectivity index (χ0v) is 25.0. The van der Waals surface area contributed by atoms with Crippen molar-refractivity contribution < 1.29 is 4.79 Å². The molecule has 214 valence electrons. The molecular formula is C35H58N2O. The zero-order chi connectivity index (χ0) is 26.6. The number of para-hydroxylation sites is 1. The minimum absolute atomic E-state index is 0.321. The van der Waals surface area contributed by atoms with Crippen LogP contribution in [-0.4, -0.2) is 36.0 Å². The summed E-state index contributed by atoms with van der Waals surface area (Å²) in [6.45, 7) is 6.94. The Kier molecular flexibility index (Phi) is 12.5. The van der Waals surface area contributed by atoms with Gasteiger partial charge in [0.2, 0.25) is 5.91 Å². The van der Waals surface area contributed by atoms with Crippen molar-refractivity contribution in [3.63, 3.8) is 0 Å². The summed E-state index contributed by atoms with van der Waals surface area (Å²) in [5.41, 5.74) is 2.51. The summed E-state index contributed by atoms with van der Waals surface area (Å²) in [5, 5.41) is 0. The van der Waals surface area contributed by atoms with Gasteiger partial charge in [0, 0.05) is 30.7 Å². The molecule has 1 saturated heterocycles. The summed E-state index contributed by atoms with van der Waals surface area (Å²) in [6.07, 6.45) is 26.8. The molecule has 0 aromatic heterocycles. The molecule has 1 aliphatic carbocycles. The second kappa shape index (κ2) is 16.0. The maximum atomic E-state index is 12.9.